The molecule has 1 amide bonds. The van der Waals surface area contributed by atoms with Crippen LogP contribution in [-0.4, -0.2) is 48.4 Å². The number of carbonyl (C=O) groups excluding carboxylic acids is 1. The Labute approximate surface area is 151 Å². The largest absolute Gasteiger partial charge is 0.337 e. The van der Waals surface area contributed by atoms with Gasteiger partial charge in [0.25, 0.3) is 5.91 Å². The van der Waals surface area contributed by atoms with Crippen molar-refractivity contribution in [2.75, 3.05) is 13.1 Å². The van der Waals surface area contributed by atoms with Gasteiger partial charge in [0.1, 0.15) is 11.4 Å². The van der Waals surface area contributed by atoms with Gasteiger partial charge < -0.3 is 9.47 Å². The third-order valence-corrected chi connectivity index (χ3v) is 4.71. The molecule has 0 radical (unpaired) electrons. The molecule has 0 bridgehead atoms. The van der Waals surface area contributed by atoms with Crippen molar-refractivity contribution in [3.63, 3.8) is 0 Å². The van der Waals surface area contributed by atoms with Gasteiger partial charge in [-0.2, -0.15) is 0 Å². The fourth-order valence-electron chi connectivity index (χ4n) is 3.32. The van der Waals surface area contributed by atoms with Gasteiger partial charge in [-0.25, -0.2) is 9.97 Å². The monoisotopic (exact) mass is 348 g/mol. The molecule has 1 unspecified atom stereocenters. The third-order valence-electron chi connectivity index (χ3n) is 4.71. The van der Waals surface area contributed by atoms with E-state index in [4.69, 9.17) is 0 Å². The number of likely N-dealkylation sites (tertiary alicyclic amines) is 1. The van der Waals surface area contributed by atoms with E-state index in [2.05, 4.69) is 19.9 Å². The van der Waals surface area contributed by atoms with Crippen LogP contribution in [0.25, 0.3) is 11.5 Å². The first-order valence-corrected chi connectivity index (χ1v) is 8.69. The molecular formula is C19H20N6O. The summed E-state index contributed by atoms with van der Waals surface area (Å²) in [5, 5.41) is 0. The summed E-state index contributed by atoms with van der Waals surface area (Å²) < 4.78 is 1.92. The van der Waals surface area contributed by atoms with E-state index in [1.165, 1.54) is 0 Å². The van der Waals surface area contributed by atoms with Crippen LogP contribution in [0.15, 0.2) is 49.2 Å². The van der Waals surface area contributed by atoms with Gasteiger partial charge in [0.15, 0.2) is 5.82 Å². The zero-order valence-corrected chi connectivity index (χ0v) is 14.6. The molecule has 3 aromatic heterocycles. The topological polar surface area (TPSA) is 76.8 Å². The average molecular weight is 348 g/mol. The van der Waals surface area contributed by atoms with Gasteiger partial charge >= 0.3 is 0 Å². The van der Waals surface area contributed by atoms with Crippen LogP contribution < -0.4 is 0 Å². The summed E-state index contributed by atoms with van der Waals surface area (Å²) in [6.07, 6.45) is 10.7. The fourth-order valence-corrected chi connectivity index (χ4v) is 3.32. The van der Waals surface area contributed by atoms with Gasteiger partial charge in [0.2, 0.25) is 0 Å². The van der Waals surface area contributed by atoms with Crippen molar-refractivity contribution in [2.24, 2.45) is 13.0 Å². The first-order chi connectivity index (χ1) is 12.7. The molecule has 4 rings (SSSR count). The Morgan fingerprint density at radius 3 is 2.77 bits per heavy atom. The number of carbonyl (C=O) groups is 1. The van der Waals surface area contributed by atoms with Crippen molar-refractivity contribution in [1.82, 2.24) is 29.4 Å². The van der Waals surface area contributed by atoms with E-state index in [1.54, 1.807) is 24.7 Å². The van der Waals surface area contributed by atoms with Crippen LogP contribution in [-0.2, 0) is 13.5 Å². The SMILES string of the molecule is Cn1ccnc1-c1cnc(CC2CCN(C(=O)c3ccccn3)C2)cn1. The van der Waals surface area contributed by atoms with Crippen LogP contribution in [0.5, 0.6) is 0 Å². The molecule has 4 heterocycles. The lowest BCUT2D eigenvalue weighted by Gasteiger charge is -2.16. The molecule has 0 aromatic carbocycles. The summed E-state index contributed by atoms with van der Waals surface area (Å²) in [6.45, 7) is 1.50. The Hall–Kier alpha value is -3.09. The molecule has 1 saturated heterocycles. The zero-order chi connectivity index (χ0) is 17.9. The Kier molecular flexibility index (Phi) is 4.43. The van der Waals surface area contributed by atoms with Gasteiger partial charge in [-0.05, 0) is 30.9 Å². The summed E-state index contributed by atoms with van der Waals surface area (Å²) in [7, 11) is 1.93. The molecule has 1 aliphatic rings. The Morgan fingerprint density at radius 1 is 1.15 bits per heavy atom. The molecule has 7 nitrogen and oxygen atoms in total. The highest BCUT2D eigenvalue weighted by Gasteiger charge is 2.27. The standard InChI is InChI=1S/C19H20N6O/c1-24-9-7-21-18(24)17-12-22-15(11-23-17)10-14-5-8-25(13-14)19(26)16-4-2-3-6-20-16/h2-4,6-7,9,11-12,14H,5,8,10,13H2,1H3. The van der Waals surface area contributed by atoms with Crippen molar-refractivity contribution < 1.29 is 4.79 Å². The molecule has 0 aliphatic carbocycles. The maximum Gasteiger partial charge on any atom is 0.272 e. The number of aryl methyl sites for hydroxylation is 1. The highest BCUT2D eigenvalue weighted by molar-refractivity contribution is 5.92. The van der Waals surface area contributed by atoms with E-state index in [9.17, 15) is 4.79 Å². The van der Waals surface area contributed by atoms with Gasteiger partial charge in [-0.3, -0.25) is 14.8 Å². The molecule has 26 heavy (non-hydrogen) atoms. The fraction of sp³-hybridized carbons (Fsp3) is 0.316. The van der Waals surface area contributed by atoms with Gasteiger partial charge in [0.05, 0.1) is 11.9 Å². The number of hydrogen-bond acceptors (Lipinski definition) is 5. The molecule has 1 aliphatic heterocycles. The number of imidazole rings is 1. The van der Waals surface area contributed by atoms with Crippen LogP contribution in [0.1, 0.15) is 22.6 Å². The van der Waals surface area contributed by atoms with Crippen LogP contribution in [0.2, 0.25) is 0 Å². The Bertz CT molecular complexity index is 890. The number of pyridine rings is 1. The first kappa shape index (κ1) is 16.4. The lowest BCUT2D eigenvalue weighted by atomic mass is 10.0. The van der Waals surface area contributed by atoms with Crippen LogP contribution in [0.4, 0.5) is 0 Å². The summed E-state index contributed by atoms with van der Waals surface area (Å²) in [6, 6.07) is 5.42. The van der Waals surface area contributed by atoms with Gasteiger partial charge in [-0.15, -0.1) is 0 Å². The Morgan fingerprint density at radius 2 is 2.08 bits per heavy atom. The molecule has 0 N–H and O–H groups in total. The van der Waals surface area contributed by atoms with Crippen molar-refractivity contribution in [3.05, 3.63) is 60.6 Å². The van der Waals surface area contributed by atoms with E-state index >= 15 is 0 Å². The van der Waals surface area contributed by atoms with Gasteiger partial charge in [0, 0.05) is 44.9 Å². The van der Waals surface area contributed by atoms with Crippen molar-refractivity contribution in [3.8, 4) is 11.5 Å². The van der Waals surface area contributed by atoms with Crippen molar-refractivity contribution >= 4 is 5.91 Å². The molecule has 0 spiro atoms. The second-order valence-corrected chi connectivity index (χ2v) is 6.58. The minimum atomic E-state index is 0.00399. The van der Waals surface area contributed by atoms with Gasteiger partial charge in [-0.1, -0.05) is 6.07 Å². The van der Waals surface area contributed by atoms with E-state index in [-0.39, 0.29) is 5.91 Å². The second-order valence-electron chi connectivity index (χ2n) is 6.58. The summed E-state index contributed by atoms with van der Waals surface area (Å²) in [4.78, 5) is 31.8. The minimum absolute atomic E-state index is 0.00399. The molecule has 1 fully saturated rings. The number of nitrogens with zero attached hydrogens (tertiary/aromatic N) is 6. The number of rotatable bonds is 4. The summed E-state index contributed by atoms with van der Waals surface area (Å²) >= 11 is 0. The zero-order valence-electron chi connectivity index (χ0n) is 14.6. The van der Waals surface area contributed by atoms with Crippen LogP contribution in [0, 0.1) is 5.92 Å². The Balaban J connectivity index is 1.38. The number of hydrogen-bond donors (Lipinski definition) is 0. The molecule has 7 heteroatoms. The molecular weight excluding hydrogens is 328 g/mol. The smallest absolute Gasteiger partial charge is 0.272 e. The molecule has 0 saturated carbocycles. The maximum absolute atomic E-state index is 12.5. The molecule has 132 valence electrons. The summed E-state index contributed by atoms with van der Waals surface area (Å²) in [5.74, 6) is 1.21. The number of aromatic nitrogens is 5. The van der Waals surface area contributed by atoms with Crippen LogP contribution in [0.3, 0.4) is 0 Å². The third kappa shape index (κ3) is 3.33. The highest BCUT2D eigenvalue weighted by atomic mass is 16.2. The summed E-state index contributed by atoms with van der Waals surface area (Å²) in [5.41, 5.74) is 2.21. The number of amides is 1. The van der Waals surface area contributed by atoms with E-state index < -0.39 is 0 Å². The van der Waals surface area contributed by atoms with Crippen molar-refractivity contribution in [1.29, 1.82) is 0 Å². The predicted molar refractivity (Wildman–Crippen MR) is 96.2 cm³/mol. The highest BCUT2D eigenvalue weighted by Crippen LogP contribution is 2.22. The van der Waals surface area contributed by atoms with Crippen molar-refractivity contribution in [2.45, 2.75) is 12.8 Å². The predicted octanol–water partition coefficient (Wildman–Crippen LogP) is 1.98. The molecule has 1 atom stereocenters. The average Bonchev–Trinajstić information content (AvgIpc) is 3.32. The molecule has 3 aromatic rings. The lowest BCUT2D eigenvalue weighted by Crippen LogP contribution is -2.29. The minimum Gasteiger partial charge on any atom is -0.337 e. The van der Waals surface area contributed by atoms with Crippen LogP contribution >= 0.6 is 0 Å². The normalized spacial score (nSPS) is 16.8. The lowest BCUT2D eigenvalue weighted by molar-refractivity contribution is 0.0781. The van der Waals surface area contributed by atoms with E-state index in [1.807, 2.05) is 41.0 Å². The quantitative estimate of drug-likeness (QED) is 0.720. The maximum atomic E-state index is 12.5. The second kappa shape index (κ2) is 7.03. The van der Waals surface area contributed by atoms with E-state index in [0.29, 0.717) is 11.6 Å². The first-order valence-electron chi connectivity index (χ1n) is 8.69. The van der Waals surface area contributed by atoms with E-state index in [0.717, 1.165) is 43.1 Å².